The molecular weight excluding hydrogens is 212 g/mol. The van der Waals surface area contributed by atoms with Crippen molar-refractivity contribution in [3.63, 3.8) is 0 Å². The SMILES string of the molecule is Cc1nc2ccc(C(F)(F)C(C)N)cc2[nH]1. The predicted molar refractivity (Wildman–Crippen MR) is 58.4 cm³/mol. The molecule has 5 heteroatoms. The van der Waals surface area contributed by atoms with Crippen molar-refractivity contribution in [3.05, 3.63) is 29.6 Å². The number of hydrogen-bond donors (Lipinski definition) is 2. The van der Waals surface area contributed by atoms with Gasteiger partial charge in [-0.25, -0.2) is 4.98 Å². The van der Waals surface area contributed by atoms with Gasteiger partial charge in [-0.05, 0) is 26.0 Å². The quantitative estimate of drug-likeness (QED) is 0.824. The van der Waals surface area contributed by atoms with Crippen molar-refractivity contribution in [2.24, 2.45) is 5.73 Å². The highest BCUT2D eigenvalue weighted by Gasteiger charge is 2.36. The second-order valence-corrected chi connectivity index (χ2v) is 3.97. The molecule has 16 heavy (non-hydrogen) atoms. The topological polar surface area (TPSA) is 54.7 Å². The van der Waals surface area contributed by atoms with Crippen LogP contribution in [-0.2, 0) is 5.92 Å². The number of aromatic amines is 1. The van der Waals surface area contributed by atoms with E-state index in [0.29, 0.717) is 16.9 Å². The van der Waals surface area contributed by atoms with Gasteiger partial charge in [-0.3, -0.25) is 0 Å². The summed E-state index contributed by atoms with van der Waals surface area (Å²) in [4.78, 5) is 7.07. The van der Waals surface area contributed by atoms with E-state index in [1.165, 1.54) is 19.1 Å². The maximum Gasteiger partial charge on any atom is 0.287 e. The van der Waals surface area contributed by atoms with Gasteiger partial charge in [0, 0.05) is 5.56 Å². The summed E-state index contributed by atoms with van der Waals surface area (Å²) < 4.78 is 27.3. The van der Waals surface area contributed by atoms with Crippen LogP contribution in [0.15, 0.2) is 18.2 Å². The molecule has 0 amide bonds. The number of aryl methyl sites for hydroxylation is 1. The lowest BCUT2D eigenvalue weighted by atomic mass is 10.0. The molecule has 0 radical (unpaired) electrons. The van der Waals surface area contributed by atoms with Crippen LogP contribution in [0.5, 0.6) is 0 Å². The fourth-order valence-electron chi connectivity index (χ4n) is 1.61. The van der Waals surface area contributed by atoms with E-state index in [4.69, 9.17) is 5.73 Å². The summed E-state index contributed by atoms with van der Waals surface area (Å²) in [5.41, 5.74) is 6.48. The zero-order chi connectivity index (χ0) is 11.9. The van der Waals surface area contributed by atoms with Crippen molar-refractivity contribution < 1.29 is 8.78 Å². The monoisotopic (exact) mass is 225 g/mol. The molecule has 3 nitrogen and oxygen atoms in total. The summed E-state index contributed by atoms with van der Waals surface area (Å²) in [6.07, 6.45) is 0. The molecule has 2 aromatic rings. The molecule has 86 valence electrons. The van der Waals surface area contributed by atoms with E-state index < -0.39 is 12.0 Å². The molecule has 1 aromatic heterocycles. The first-order valence-electron chi connectivity index (χ1n) is 5.01. The molecule has 0 aliphatic rings. The molecule has 1 unspecified atom stereocenters. The van der Waals surface area contributed by atoms with Crippen molar-refractivity contribution in [2.45, 2.75) is 25.8 Å². The zero-order valence-corrected chi connectivity index (χ0v) is 9.09. The minimum atomic E-state index is -3.02. The minimum Gasteiger partial charge on any atom is -0.342 e. The molecule has 0 aliphatic carbocycles. The number of halogens is 2. The van der Waals surface area contributed by atoms with Crippen molar-refractivity contribution in [3.8, 4) is 0 Å². The zero-order valence-electron chi connectivity index (χ0n) is 9.09. The van der Waals surface area contributed by atoms with Crippen LogP contribution in [0, 0.1) is 6.92 Å². The van der Waals surface area contributed by atoms with E-state index in [9.17, 15) is 8.78 Å². The lowest BCUT2D eigenvalue weighted by Gasteiger charge is -2.20. The van der Waals surface area contributed by atoms with Gasteiger partial charge in [-0.1, -0.05) is 6.07 Å². The molecule has 1 atom stereocenters. The maximum atomic E-state index is 13.7. The van der Waals surface area contributed by atoms with Crippen LogP contribution in [0.1, 0.15) is 18.3 Å². The predicted octanol–water partition coefficient (Wildman–Crippen LogP) is 2.31. The second-order valence-electron chi connectivity index (χ2n) is 3.97. The van der Waals surface area contributed by atoms with E-state index in [0.717, 1.165) is 0 Å². The fraction of sp³-hybridized carbons (Fsp3) is 0.364. The Morgan fingerprint density at radius 3 is 2.75 bits per heavy atom. The Hall–Kier alpha value is -1.49. The number of nitrogens with zero attached hydrogens (tertiary/aromatic N) is 1. The van der Waals surface area contributed by atoms with Crippen molar-refractivity contribution in [1.29, 1.82) is 0 Å². The maximum absolute atomic E-state index is 13.7. The number of aromatic nitrogens is 2. The Labute approximate surface area is 91.7 Å². The molecular formula is C11H13F2N3. The lowest BCUT2D eigenvalue weighted by molar-refractivity contribution is -0.0255. The number of nitrogens with one attached hydrogen (secondary N) is 1. The number of alkyl halides is 2. The van der Waals surface area contributed by atoms with E-state index in [2.05, 4.69) is 9.97 Å². The number of nitrogens with two attached hydrogens (primary N) is 1. The summed E-state index contributed by atoms with van der Waals surface area (Å²) in [6.45, 7) is 3.08. The Bertz CT molecular complexity index is 517. The van der Waals surface area contributed by atoms with Gasteiger partial charge in [-0.15, -0.1) is 0 Å². The third kappa shape index (κ3) is 1.67. The van der Waals surface area contributed by atoms with Gasteiger partial charge >= 0.3 is 0 Å². The van der Waals surface area contributed by atoms with Crippen LogP contribution in [0.3, 0.4) is 0 Å². The molecule has 3 N–H and O–H groups in total. The highest BCUT2D eigenvalue weighted by Crippen LogP contribution is 2.32. The lowest BCUT2D eigenvalue weighted by Crippen LogP contribution is -2.35. The third-order valence-corrected chi connectivity index (χ3v) is 2.56. The molecule has 0 saturated carbocycles. The third-order valence-electron chi connectivity index (χ3n) is 2.56. The average molecular weight is 225 g/mol. The molecule has 2 rings (SSSR count). The number of hydrogen-bond acceptors (Lipinski definition) is 2. The van der Waals surface area contributed by atoms with Crippen LogP contribution in [0.4, 0.5) is 8.78 Å². The standard InChI is InChI=1S/C11H13F2N3/c1-6(14)11(12,13)8-3-4-9-10(5-8)16-7(2)15-9/h3-6H,14H2,1-2H3,(H,15,16). The number of imidazole rings is 1. The van der Waals surface area contributed by atoms with Crippen molar-refractivity contribution in [2.75, 3.05) is 0 Å². The summed E-state index contributed by atoms with van der Waals surface area (Å²) in [5.74, 6) is -2.32. The number of rotatable bonds is 2. The number of benzene rings is 1. The molecule has 0 fully saturated rings. The van der Waals surface area contributed by atoms with Crippen LogP contribution in [0.25, 0.3) is 11.0 Å². The van der Waals surface area contributed by atoms with Crippen LogP contribution < -0.4 is 5.73 Å². The molecule has 0 saturated heterocycles. The highest BCUT2D eigenvalue weighted by molar-refractivity contribution is 5.76. The summed E-state index contributed by atoms with van der Waals surface area (Å²) in [7, 11) is 0. The van der Waals surface area contributed by atoms with E-state index >= 15 is 0 Å². The second kappa shape index (κ2) is 3.52. The van der Waals surface area contributed by atoms with Crippen LogP contribution in [-0.4, -0.2) is 16.0 Å². The first kappa shape index (κ1) is 11.0. The highest BCUT2D eigenvalue weighted by atomic mass is 19.3. The summed E-state index contributed by atoms with van der Waals surface area (Å²) in [5, 5.41) is 0. The van der Waals surface area contributed by atoms with E-state index in [1.54, 1.807) is 13.0 Å². The molecule has 0 aliphatic heterocycles. The van der Waals surface area contributed by atoms with Crippen LogP contribution in [0.2, 0.25) is 0 Å². The van der Waals surface area contributed by atoms with Gasteiger partial charge in [0.2, 0.25) is 0 Å². The number of H-pyrrole nitrogens is 1. The van der Waals surface area contributed by atoms with E-state index in [-0.39, 0.29) is 5.56 Å². The van der Waals surface area contributed by atoms with Gasteiger partial charge in [0.25, 0.3) is 5.92 Å². The molecule has 1 aromatic carbocycles. The fourth-order valence-corrected chi connectivity index (χ4v) is 1.61. The van der Waals surface area contributed by atoms with Gasteiger partial charge in [-0.2, -0.15) is 8.78 Å². The van der Waals surface area contributed by atoms with Crippen molar-refractivity contribution >= 4 is 11.0 Å². The summed E-state index contributed by atoms with van der Waals surface area (Å²) >= 11 is 0. The smallest absolute Gasteiger partial charge is 0.287 e. The van der Waals surface area contributed by atoms with Crippen LogP contribution >= 0.6 is 0 Å². The van der Waals surface area contributed by atoms with Gasteiger partial charge in [0.1, 0.15) is 5.82 Å². The first-order chi connectivity index (χ1) is 7.41. The Balaban J connectivity index is 2.54. The van der Waals surface area contributed by atoms with Gasteiger partial charge in [0.15, 0.2) is 0 Å². The normalized spacial score (nSPS) is 14.3. The van der Waals surface area contributed by atoms with Gasteiger partial charge in [0.05, 0.1) is 17.1 Å². The molecule has 1 heterocycles. The first-order valence-corrected chi connectivity index (χ1v) is 5.01. The number of fused-ring (bicyclic) bond motifs is 1. The molecule has 0 bridgehead atoms. The van der Waals surface area contributed by atoms with E-state index in [1.807, 2.05) is 0 Å². The Morgan fingerprint density at radius 1 is 1.44 bits per heavy atom. The average Bonchev–Trinajstić information content (AvgIpc) is 2.56. The minimum absolute atomic E-state index is 0.0846. The van der Waals surface area contributed by atoms with Gasteiger partial charge < -0.3 is 10.7 Å². The Morgan fingerprint density at radius 2 is 2.12 bits per heavy atom. The Kier molecular flexibility index (Phi) is 2.42. The largest absolute Gasteiger partial charge is 0.342 e. The molecule has 0 spiro atoms. The van der Waals surface area contributed by atoms with Crippen molar-refractivity contribution in [1.82, 2.24) is 9.97 Å². The summed E-state index contributed by atoms with van der Waals surface area (Å²) in [6, 6.07) is 3.13.